The Morgan fingerprint density at radius 2 is 2.12 bits per heavy atom. The van der Waals surface area contributed by atoms with Crippen LogP contribution in [0.25, 0.3) is 10.6 Å². The van der Waals surface area contributed by atoms with Crippen LogP contribution in [0.1, 0.15) is 15.2 Å². The molecule has 0 bridgehead atoms. The third kappa shape index (κ3) is 4.36. The molecule has 0 aliphatic heterocycles. The van der Waals surface area contributed by atoms with Gasteiger partial charge in [0.25, 0.3) is 5.91 Å². The molecule has 3 rings (SSSR count). The molecule has 0 atom stereocenters. The smallest absolute Gasteiger partial charge is 0.284 e. The van der Waals surface area contributed by atoms with Crippen molar-refractivity contribution in [3.05, 3.63) is 64.3 Å². The molecule has 0 aliphatic carbocycles. The van der Waals surface area contributed by atoms with Gasteiger partial charge in [-0.25, -0.2) is 5.43 Å². The number of amides is 2. The van der Waals surface area contributed by atoms with Gasteiger partial charge in [0.05, 0.1) is 15.0 Å². The van der Waals surface area contributed by atoms with Crippen molar-refractivity contribution >= 4 is 23.2 Å². The van der Waals surface area contributed by atoms with Crippen molar-refractivity contribution in [2.24, 2.45) is 5.29 Å². The Balaban J connectivity index is 1.58. The summed E-state index contributed by atoms with van der Waals surface area (Å²) < 4.78 is 1.51. The van der Waals surface area contributed by atoms with Gasteiger partial charge in [-0.2, -0.15) is 5.10 Å². The van der Waals surface area contributed by atoms with Crippen LogP contribution >= 0.6 is 11.3 Å². The summed E-state index contributed by atoms with van der Waals surface area (Å²) in [6.45, 7) is 0.475. The lowest BCUT2D eigenvalue weighted by Gasteiger charge is -2.05. The van der Waals surface area contributed by atoms with Crippen molar-refractivity contribution < 1.29 is 9.59 Å². The predicted octanol–water partition coefficient (Wildman–Crippen LogP) is 1.73. The Kier molecular flexibility index (Phi) is 5.44. The van der Waals surface area contributed by atoms with Crippen LogP contribution in [-0.4, -0.2) is 26.6 Å². The minimum Gasteiger partial charge on any atom is -0.350 e. The van der Waals surface area contributed by atoms with E-state index in [1.807, 2.05) is 17.6 Å². The van der Waals surface area contributed by atoms with E-state index >= 15 is 0 Å². The van der Waals surface area contributed by atoms with Gasteiger partial charge in [0.1, 0.15) is 12.2 Å². The number of thiophene rings is 1. The minimum atomic E-state index is -0.564. The minimum absolute atomic E-state index is 0.0774. The first-order valence-corrected chi connectivity index (χ1v) is 8.39. The number of pyridine rings is 1. The Hall–Kier alpha value is -3.40. The summed E-state index contributed by atoms with van der Waals surface area (Å²) in [5.41, 5.74) is 3.39. The third-order valence-corrected chi connectivity index (χ3v) is 4.49. The fourth-order valence-electron chi connectivity index (χ4n) is 2.18. The first-order valence-electron chi connectivity index (χ1n) is 7.57. The van der Waals surface area contributed by atoms with Crippen LogP contribution in [-0.2, 0) is 17.9 Å². The molecule has 0 aliphatic rings. The first kappa shape index (κ1) is 17.4. The van der Waals surface area contributed by atoms with E-state index in [-0.39, 0.29) is 12.5 Å². The quantitative estimate of drug-likeness (QED) is 0.485. The molecule has 9 nitrogen and oxygen atoms in total. The van der Waals surface area contributed by atoms with Gasteiger partial charge in [-0.05, 0) is 29.8 Å². The summed E-state index contributed by atoms with van der Waals surface area (Å²) >= 11 is 1.18. The van der Waals surface area contributed by atoms with E-state index in [1.165, 1.54) is 16.0 Å². The fraction of sp³-hybridized carbons (Fsp3) is 0.125. The second-order valence-corrected chi connectivity index (χ2v) is 6.32. The second kappa shape index (κ2) is 8.12. The number of nitrogens with zero attached hydrogens (tertiary/aromatic N) is 4. The van der Waals surface area contributed by atoms with Gasteiger partial charge in [-0.1, -0.05) is 6.07 Å². The highest BCUT2D eigenvalue weighted by Gasteiger charge is 2.12. The van der Waals surface area contributed by atoms with Gasteiger partial charge < -0.3 is 5.32 Å². The largest absolute Gasteiger partial charge is 0.350 e. The standard InChI is InChI=1S/C16H14N6O3S/c23-15(18-9-11-2-1-6-17-8-11)10-22-7-5-12(20-22)13-3-4-14(26-13)16(24)19-21-25/h1-8H,9-10H2,(H,18,23)(H,19,24,25). The molecule has 0 radical (unpaired) electrons. The van der Waals surface area contributed by atoms with Crippen molar-refractivity contribution in [1.82, 2.24) is 25.5 Å². The van der Waals surface area contributed by atoms with Gasteiger partial charge >= 0.3 is 0 Å². The van der Waals surface area contributed by atoms with Gasteiger partial charge in [0.2, 0.25) is 5.91 Å². The van der Waals surface area contributed by atoms with Crippen molar-refractivity contribution in [3.8, 4) is 10.6 Å². The lowest BCUT2D eigenvalue weighted by Crippen LogP contribution is -2.27. The summed E-state index contributed by atoms with van der Waals surface area (Å²) in [6.07, 6.45) is 5.05. The molecule has 10 heteroatoms. The zero-order valence-corrected chi connectivity index (χ0v) is 14.3. The number of hydrogen-bond acceptors (Lipinski definition) is 7. The van der Waals surface area contributed by atoms with E-state index < -0.39 is 5.91 Å². The van der Waals surface area contributed by atoms with E-state index in [4.69, 9.17) is 0 Å². The van der Waals surface area contributed by atoms with Gasteiger partial charge in [0.15, 0.2) is 0 Å². The maximum Gasteiger partial charge on any atom is 0.284 e. The molecule has 3 aromatic rings. The van der Waals surface area contributed by atoms with Gasteiger partial charge in [-0.15, -0.1) is 16.2 Å². The molecule has 26 heavy (non-hydrogen) atoms. The topological polar surface area (TPSA) is 118 Å². The van der Waals surface area contributed by atoms with Crippen LogP contribution in [0.2, 0.25) is 0 Å². The molecular formula is C16H14N6O3S. The molecule has 2 amide bonds. The lowest BCUT2D eigenvalue weighted by atomic mass is 10.3. The van der Waals surface area contributed by atoms with Crippen LogP contribution in [0.3, 0.4) is 0 Å². The average Bonchev–Trinajstić information content (AvgIpc) is 3.30. The van der Waals surface area contributed by atoms with Gasteiger partial charge in [0, 0.05) is 25.1 Å². The summed E-state index contributed by atoms with van der Waals surface area (Å²) in [4.78, 5) is 38.7. The van der Waals surface area contributed by atoms with E-state index in [2.05, 4.69) is 20.7 Å². The molecule has 3 heterocycles. The zero-order chi connectivity index (χ0) is 18.4. The number of hydrogen-bond donors (Lipinski definition) is 2. The van der Waals surface area contributed by atoms with E-state index in [0.29, 0.717) is 17.1 Å². The van der Waals surface area contributed by atoms with Crippen LogP contribution in [0.5, 0.6) is 0 Å². The molecule has 132 valence electrons. The second-order valence-electron chi connectivity index (χ2n) is 5.23. The molecule has 0 saturated carbocycles. The highest BCUT2D eigenvalue weighted by Crippen LogP contribution is 2.26. The number of nitrogens with one attached hydrogen (secondary N) is 2. The number of aromatic nitrogens is 3. The number of carbonyl (C=O) groups excluding carboxylic acids is 2. The first-order chi connectivity index (χ1) is 12.7. The van der Waals surface area contributed by atoms with Crippen molar-refractivity contribution in [3.63, 3.8) is 0 Å². The number of rotatable bonds is 7. The van der Waals surface area contributed by atoms with E-state index in [0.717, 1.165) is 10.4 Å². The Morgan fingerprint density at radius 3 is 2.88 bits per heavy atom. The van der Waals surface area contributed by atoms with Crippen molar-refractivity contribution in [1.29, 1.82) is 0 Å². The Bertz CT molecular complexity index is 921. The van der Waals surface area contributed by atoms with Gasteiger partial charge in [-0.3, -0.25) is 19.3 Å². The SMILES string of the molecule is O=NNC(=O)c1ccc(-c2ccn(CC(=O)NCc3cccnc3)n2)s1. The monoisotopic (exact) mass is 370 g/mol. The van der Waals surface area contributed by atoms with Crippen LogP contribution in [0, 0.1) is 4.91 Å². The third-order valence-electron chi connectivity index (χ3n) is 3.39. The van der Waals surface area contributed by atoms with Crippen molar-refractivity contribution in [2.75, 3.05) is 0 Å². The summed E-state index contributed by atoms with van der Waals surface area (Å²) in [6, 6.07) is 8.74. The van der Waals surface area contributed by atoms with E-state index in [9.17, 15) is 14.5 Å². The summed E-state index contributed by atoms with van der Waals surface area (Å²) in [7, 11) is 0. The number of nitroso groups, excluding NO2 is 1. The molecular weight excluding hydrogens is 356 g/mol. The maximum atomic E-state index is 12.0. The molecule has 3 aromatic heterocycles. The van der Waals surface area contributed by atoms with Crippen LogP contribution in [0.15, 0.2) is 54.2 Å². The predicted molar refractivity (Wildman–Crippen MR) is 94.9 cm³/mol. The highest BCUT2D eigenvalue weighted by atomic mass is 32.1. The molecule has 0 saturated heterocycles. The highest BCUT2D eigenvalue weighted by molar-refractivity contribution is 7.17. The van der Waals surface area contributed by atoms with Crippen LogP contribution in [0.4, 0.5) is 0 Å². The maximum absolute atomic E-state index is 12.0. The molecule has 0 spiro atoms. The van der Waals surface area contributed by atoms with Crippen LogP contribution < -0.4 is 10.7 Å². The molecule has 0 unspecified atom stereocenters. The Labute approximate surface area is 152 Å². The lowest BCUT2D eigenvalue weighted by molar-refractivity contribution is -0.122. The molecule has 0 fully saturated rings. The molecule has 2 N–H and O–H groups in total. The zero-order valence-electron chi connectivity index (χ0n) is 13.5. The summed E-state index contributed by atoms with van der Waals surface area (Å²) in [5.74, 6) is -0.739. The fourth-order valence-corrected chi connectivity index (χ4v) is 3.04. The Morgan fingerprint density at radius 1 is 1.23 bits per heavy atom. The number of carbonyl (C=O) groups is 2. The van der Waals surface area contributed by atoms with Crippen molar-refractivity contribution in [2.45, 2.75) is 13.1 Å². The normalized spacial score (nSPS) is 10.3. The van der Waals surface area contributed by atoms with E-state index in [1.54, 1.807) is 36.8 Å². The molecule has 0 aromatic carbocycles. The average molecular weight is 370 g/mol. The summed E-state index contributed by atoms with van der Waals surface area (Å²) in [5, 5.41) is 9.49.